The molecule has 2 rings (SSSR count). The van der Waals surface area contributed by atoms with Gasteiger partial charge >= 0.3 is 0 Å². The molecular weight excluding hydrogens is 311 g/mol. The predicted molar refractivity (Wildman–Crippen MR) is 81.6 cm³/mol. The van der Waals surface area contributed by atoms with Crippen molar-refractivity contribution in [1.82, 2.24) is 0 Å². The van der Waals surface area contributed by atoms with E-state index < -0.39 is 0 Å². The Balaban J connectivity index is 2.23. The van der Waals surface area contributed by atoms with E-state index in [9.17, 15) is 0 Å². The Morgan fingerprint density at radius 3 is 2.44 bits per heavy atom. The van der Waals surface area contributed by atoms with Crippen LogP contribution in [0.5, 0.6) is 0 Å². The highest BCUT2D eigenvalue weighted by Gasteiger charge is 2.07. The molecule has 0 saturated heterocycles. The molecule has 1 aromatic carbocycles. The molecule has 2 nitrogen and oxygen atoms in total. The first-order valence-electron chi connectivity index (χ1n) is 5.06. The zero-order valence-electron chi connectivity index (χ0n) is 9.38. The predicted octanol–water partition coefficient (Wildman–Crippen LogP) is 5.54. The number of halogens is 3. The van der Waals surface area contributed by atoms with Crippen LogP contribution in [-0.4, -0.2) is 5.71 Å². The maximum atomic E-state index is 6.05. The van der Waals surface area contributed by atoms with E-state index in [-0.39, 0.29) is 0 Å². The average molecular weight is 320 g/mol. The lowest BCUT2D eigenvalue weighted by Gasteiger charge is -2.07. The molecule has 1 aromatic heterocycles. The highest BCUT2D eigenvalue weighted by atomic mass is 35.5. The van der Waals surface area contributed by atoms with Gasteiger partial charge in [0.1, 0.15) is 0 Å². The SMILES string of the molecule is C/C(=N\Nc1c(Cl)cc(Cl)cc1Cl)c1cccs1. The fourth-order valence-electron chi connectivity index (χ4n) is 1.33. The van der Waals surface area contributed by atoms with Crippen molar-refractivity contribution in [2.75, 3.05) is 5.43 Å². The highest BCUT2D eigenvalue weighted by Crippen LogP contribution is 2.33. The molecule has 94 valence electrons. The molecule has 0 saturated carbocycles. The minimum absolute atomic E-state index is 0.440. The number of hydrogen-bond donors (Lipinski definition) is 1. The third-order valence-corrected chi connectivity index (χ3v) is 4.01. The lowest BCUT2D eigenvalue weighted by Crippen LogP contribution is -1.98. The van der Waals surface area contributed by atoms with Gasteiger partial charge in [0.15, 0.2) is 0 Å². The van der Waals surface area contributed by atoms with E-state index >= 15 is 0 Å². The van der Waals surface area contributed by atoms with Gasteiger partial charge in [0.25, 0.3) is 0 Å². The number of anilines is 1. The molecular formula is C12H9Cl3N2S. The Bertz CT molecular complexity index is 556. The van der Waals surface area contributed by atoms with Crippen molar-refractivity contribution in [3.8, 4) is 0 Å². The van der Waals surface area contributed by atoms with Crippen LogP contribution in [0.3, 0.4) is 0 Å². The normalized spacial score (nSPS) is 11.7. The van der Waals surface area contributed by atoms with Crippen molar-refractivity contribution in [3.63, 3.8) is 0 Å². The summed E-state index contributed by atoms with van der Waals surface area (Å²) in [6.07, 6.45) is 0. The molecule has 1 heterocycles. The number of hydrazone groups is 1. The highest BCUT2D eigenvalue weighted by molar-refractivity contribution is 7.12. The zero-order chi connectivity index (χ0) is 13.1. The molecule has 6 heteroatoms. The molecule has 0 bridgehead atoms. The number of nitrogens with zero attached hydrogens (tertiary/aromatic N) is 1. The van der Waals surface area contributed by atoms with Gasteiger partial charge in [0.05, 0.1) is 21.4 Å². The molecule has 0 aliphatic rings. The van der Waals surface area contributed by atoms with Gasteiger partial charge in [-0.1, -0.05) is 40.9 Å². The van der Waals surface area contributed by atoms with E-state index in [4.69, 9.17) is 34.8 Å². The first kappa shape index (κ1) is 13.7. The Kier molecular flexibility index (Phi) is 4.51. The topological polar surface area (TPSA) is 24.4 Å². The standard InChI is InChI=1S/C12H9Cl3N2S/c1-7(11-3-2-4-18-11)16-17-12-9(14)5-8(13)6-10(12)15/h2-6,17H,1H3/b16-7+. The van der Waals surface area contributed by atoms with Gasteiger partial charge in [-0.2, -0.15) is 5.10 Å². The quantitative estimate of drug-likeness (QED) is 0.582. The number of rotatable bonds is 3. The minimum atomic E-state index is 0.440. The molecule has 0 unspecified atom stereocenters. The lowest BCUT2D eigenvalue weighted by atomic mass is 10.3. The summed E-state index contributed by atoms with van der Waals surface area (Å²) >= 11 is 19.5. The second-order valence-electron chi connectivity index (χ2n) is 3.53. The van der Waals surface area contributed by atoms with Crippen molar-refractivity contribution >= 4 is 57.5 Å². The van der Waals surface area contributed by atoms with Crippen LogP contribution in [-0.2, 0) is 0 Å². The molecule has 0 atom stereocenters. The largest absolute Gasteiger partial charge is 0.275 e. The fourth-order valence-corrected chi connectivity index (χ4v) is 2.91. The average Bonchev–Trinajstić information content (AvgIpc) is 2.80. The van der Waals surface area contributed by atoms with Gasteiger partial charge in [-0.3, -0.25) is 5.43 Å². The smallest absolute Gasteiger partial charge is 0.0935 e. The Labute approximate surface area is 124 Å². The van der Waals surface area contributed by atoms with Crippen LogP contribution in [0.4, 0.5) is 5.69 Å². The maximum Gasteiger partial charge on any atom is 0.0935 e. The molecule has 0 radical (unpaired) electrons. The molecule has 0 amide bonds. The molecule has 2 aromatic rings. The summed E-state index contributed by atoms with van der Waals surface area (Å²) in [5, 5.41) is 7.62. The Morgan fingerprint density at radius 2 is 1.89 bits per heavy atom. The summed E-state index contributed by atoms with van der Waals surface area (Å²) in [6.45, 7) is 1.91. The van der Waals surface area contributed by atoms with Crippen LogP contribution in [0.1, 0.15) is 11.8 Å². The Morgan fingerprint density at radius 1 is 1.22 bits per heavy atom. The summed E-state index contributed by atoms with van der Waals surface area (Å²) in [6, 6.07) is 7.21. The van der Waals surface area contributed by atoms with Gasteiger partial charge in [0.2, 0.25) is 0 Å². The van der Waals surface area contributed by atoms with Crippen LogP contribution < -0.4 is 5.43 Å². The molecule has 1 N–H and O–H groups in total. The van der Waals surface area contributed by atoms with E-state index in [1.54, 1.807) is 23.5 Å². The Hall–Kier alpha value is -0.740. The number of thiophene rings is 1. The van der Waals surface area contributed by atoms with Crippen LogP contribution in [0.15, 0.2) is 34.7 Å². The summed E-state index contributed by atoms with van der Waals surface area (Å²) in [5.41, 5.74) is 4.29. The summed E-state index contributed by atoms with van der Waals surface area (Å²) < 4.78 is 0. The van der Waals surface area contributed by atoms with Crippen molar-refractivity contribution in [2.45, 2.75) is 6.92 Å². The fraction of sp³-hybridized carbons (Fsp3) is 0.0833. The van der Waals surface area contributed by atoms with E-state index in [1.807, 2.05) is 24.4 Å². The third-order valence-electron chi connectivity index (χ3n) is 2.22. The van der Waals surface area contributed by atoms with Crippen molar-refractivity contribution in [3.05, 3.63) is 49.6 Å². The zero-order valence-corrected chi connectivity index (χ0v) is 12.5. The molecule has 0 aliphatic carbocycles. The minimum Gasteiger partial charge on any atom is -0.275 e. The van der Waals surface area contributed by atoms with Crippen LogP contribution >= 0.6 is 46.1 Å². The van der Waals surface area contributed by atoms with Gasteiger partial charge in [0, 0.05) is 9.90 Å². The number of hydrogen-bond acceptors (Lipinski definition) is 3. The second-order valence-corrected chi connectivity index (χ2v) is 5.73. The molecule has 0 spiro atoms. The number of nitrogens with one attached hydrogen (secondary N) is 1. The van der Waals surface area contributed by atoms with Crippen LogP contribution in [0.25, 0.3) is 0 Å². The summed E-state index contributed by atoms with van der Waals surface area (Å²) in [5.74, 6) is 0. The van der Waals surface area contributed by atoms with Crippen LogP contribution in [0, 0.1) is 0 Å². The van der Waals surface area contributed by atoms with Crippen molar-refractivity contribution in [2.24, 2.45) is 5.10 Å². The van der Waals surface area contributed by atoms with E-state index in [0.29, 0.717) is 20.8 Å². The summed E-state index contributed by atoms with van der Waals surface area (Å²) in [7, 11) is 0. The second kappa shape index (κ2) is 5.93. The first-order chi connectivity index (χ1) is 8.58. The maximum absolute atomic E-state index is 6.05. The molecule has 0 fully saturated rings. The van der Waals surface area contributed by atoms with Gasteiger partial charge in [-0.25, -0.2) is 0 Å². The third kappa shape index (κ3) is 3.18. The van der Waals surface area contributed by atoms with Crippen LogP contribution in [0.2, 0.25) is 15.1 Å². The molecule has 18 heavy (non-hydrogen) atoms. The van der Waals surface area contributed by atoms with E-state index in [0.717, 1.165) is 10.6 Å². The van der Waals surface area contributed by atoms with Crippen molar-refractivity contribution < 1.29 is 0 Å². The first-order valence-corrected chi connectivity index (χ1v) is 7.08. The summed E-state index contributed by atoms with van der Waals surface area (Å²) in [4.78, 5) is 1.09. The van der Waals surface area contributed by atoms with Crippen molar-refractivity contribution in [1.29, 1.82) is 0 Å². The van der Waals surface area contributed by atoms with Gasteiger partial charge in [-0.15, -0.1) is 11.3 Å². The molecule has 0 aliphatic heterocycles. The van der Waals surface area contributed by atoms with E-state index in [2.05, 4.69) is 10.5 Å². The van der Waals surface area contributed by atoms with Gasteiger partial charge < -0.3 is 0 Å². The lowest BCUT2D eigenvalue weighted by molar-refractivity contribution is 1.33. The number of benzene rings is 1. The van der Waals surface area contributed by atoms with Gasteiger partial charge in [-0.05, 0) is 30.5 Å². The van der Waals surface area contributed by atoms with E-state index in [1.165, 1.54) is 0 Å². The monoisotopic (exact) mass is 318 g/mol.